The Bertz CT molecular complexity index is 770. The Morgan fingerprint density at radius 2 is 2.24 bits per heavy atom. The predicted octanol–water partition coefficient (Wildman–Crippen LogP) is 0.875. The van der Waals surface area contributed by atoms with Gasteiger partial charge in [-0.25, -0.2) is 9.78 Å². The Morgan fingerprint density at radius 1 is 1.41 bits per heavy atom. The van der Waals surface area contributed by atoms with Crippen LogP contribution in [0.2, 0.25) is 0 Å². The fourth-order valence-electron chi connectivity index (χ4n) is 2.01. The van der Waals surface area contributed by atoms with E-state index in [0.717, 1.165) is 17.4 Å². The van der Waals surface area contributed by atoms with E-state index in [2.05, 4.69) is 15.0 Å². The smallest absolute Gasteiger partial charge is 0.347 e. The number of nitrogens with two attached hydrogens (primary N) is 1. The summed E-state index contributed by atoms with van der Waals surface area (Å²) in [7, 11) is 0. The number of fused-ring (bicyclic) bond motifs is 3. The van der Waals surface area contributed by atoms with Crippen LogP contribution in [-0.2, 0) is 6.54 Å². The molecule has 0 saturated heterocycles. The first kappa shape index (κ1) is 9.83. The molecule has 3 aromatic rings. The third-order valence-corrected chi connectivity index (χ3v) is 2.85. The molecule has 3 N–H and O–H groups in total. The number of imidazole rings is 1. The molecule has 0 aliphatic heterocycles. The number of hydrogen-bond donors (Lipinski definition) is 2. The topological polar surface area (TPSA) is 89.6 Å². The van der Waals surface area contributed by atoms with Gasteiger partial charge in [-0.2, -0.15) is 4.98 Å². The molecule has 1 aromatic carbocycles. The number of nitrogens with zero attached hydrogens (tertiary/aromatic N) is 3. The highest BCUT2D eigenvalue weighted by Gasteiger charge is 2.09. The molecule has 2 aromatic heterocycles. The first-order chi connectivity index (χ1) is 8.20. The highest BCUT2D eigenvalue weighted by Crippen LogP contribution is 2.23. The van der Waals surface area contributed by atoms with E-state index in [1.165, 1.54) is 0 Å². The van der Waals surface area contributed by atoms with Crippen molar-refractivity contribution in [3.63, 3.8) is 0 Å². The number of aromatic amines is 1. The molecule has 0 fully saturated rings. The molecule has 0 radical (unpaired) electrons. The lowest BCUT2D eigenvalue weighted by Gasteiger charge is -2.02. The lowest BCUT2D eigenvalue weighted by atomic mass is 10.2. The van der Waals surface area contributed by atoms with Crippen LogP contribution in [0.4, 0.5) is 5.82 Å². The van der Waals surface area contributed by atoms with Crippen molar-refractivity contribution in [1.82, 2.24) is 19.5 Å². The summed E-state index contributed by atoms with van der Waals surface area (Å²) in [6, 6.07) is 3.79. The number of H-pyrrole nitrogens is 1. The SMILES string of the molecule is CCn1cnc2c3nc(=O)[nH]c(N)c3ccc21. The predicted molar refractivity (Wildman–Crippen MR) is 65.7 cm³/mol. The lowest BCUT2D eigenvalue weighted by molar-refractivity contribution is 0.787. The maximum atomic E-state index is 11.3. The normalized spacial score (nSPS) is 11.4. The van der Waals surface area contributed by atoms with Crippen molar-refractivity contribution in [1.29, 1.82) is 0 Å². The second kappa shape index (κ2) is 3.31. The maximum absolute atomic E-state index is 11.3. The number of hydrogen-bond acceptors (Lipinski definition) is 4. The Kier molecular flexibility index (Phi) is 1.91. The third-order valence-electron chi connectivity index (χ3n) is 2.85. The Balaban J connectivity index is 2.55. The van der Waals surface area contributed by atoms with Gasteiger partial charge < -0.3 is 10.3 Å². The van der Waals surface area contributed by atoms with Crippen LogP contribution >= 0.6 is 0 Å². The van der Waals surface area contributed by atoms with Gasteiger partial charge in [-0.05, 0) is 19.1 Å². The van der Waals surface area contributed by atoms with E-state index in [1.807, 2.05) is 23.6 Å². The second-order valence-electron chi connectivity index (χ2n) is 3.82. The lowest BCUT2D eigenvalue weighted by Crippen LogP contribution is -2.12. The maximum Gasteiger partial charge on any atom is 0.347 e. The number of benzene rings is 1. The summed E-state index contributed by atoms with van der Waals surface area (Å²) < 4.78 is 1.99. The second-order valence-corrected chi connectivity index (χ2v) is 3.82. The van der Waals surface area contributed by atoms with E-state index in [0.29, 0.717) is 16.9 Å². The molecule has 0 aliphatic carbocycles. The van der Waals surface area contributed by atoms with E-state index in [9.17, 15) is 4.79 Å². The average molecular weight is 229 g/mol. The van der Waals surface area contributed by atoms with E-state index in [1.54, 1.807) is 6.33 Å². The molecule has 0 unspecified atom stereocenters. The van der Waals surface area contributed by atoms with Crippen LogP contribution in [0.15, 0.2) is 23.3 Å². The first-order valence-electron chi connectivity index (χ1n) is 5.34. The van der Waals surface area contributed by atoms with Gasteiger partial charge in [-0.1, -0.05) is 0 Å². The quantitative estimate of drug-likeness (QED) is 0.648. The van der Waals surface area contributed by atoms with Crippen LogP contribution in [0.1, 0.15) is 6.92 Å². The van der Waals surface area contributed by atoms with Crippen molar-refractivity contribution < 1.29 is 0 Å². The van der Waals surface area contributed by atoms with Crippen molar-refractivity contribution in [2.45, 2.75) is 13.5 Å². The third kappa shape index (κ3) is 1.30. The van der Waals surface area contributed by atoms with Gasteiger partial charge in [0.25, 0.3) is 0 Å². The molecule has 6 heteroatoms. The van der Waals surface area contributed by atoms with Crippen LogP contribution in [0.3, 0.4) is 0 Å². The van der Waals surface area contributed by atoms with E-state index in [-0.39, 0.29) is 0 Å². The van der Waals surface area contributed by atoms with Crippen LogP contribution in [-0.4, -0.2) is 19.5 Å². The summed E-state index contributed by atoms with van der Waals surface area (Å²) >= 11 is 0. The van der Waals surface area contributed by atoms with Gasteiger partial charge in [-0.3, -0.25) is 4.98 Å². The minimum absolute atomic E-state index is 0.327. The molecule has 0 atom stereocenters. The van der Waals surface area contributed by atoms with E-state index in [4.69, 9.17) is 5.73 Å². The zero-order valence-corrected chi connectivity index (χ0v) is 9.27. The molecule has 0 aliphatic rings. The summed E-state index contributed by atoms with van der Waals surface area (Å²) in [5.41, 5.74) is 7.52. The summed E-state index contributed by atoms with van der Waals surface area (Å²) in [5, 5.41) is 0.721. The van der Waals surface area contributed by atoms with Gasteiger partial charge in [-0.15, -0.1) is 0 Å². The monoisotopic (exact) mass is 229 g/mol. The van der Waals surface area contributed by atoms with Crippen molar-refractivity contribution in [3.05, 3.63) is 28.9 Å². The molecule has 86 valence electrons. The molecule has 3 rings (SSSR count). The minimum Gasteiger partial charge on any atom is -0.385 e. The van der Waals surface area contributed by atoms with Gasteiger partial charge in [0.1, 0.15) is 16.9 Å². The summed E-state index contributed by atoms with van der Waals surface area (Å²) in [6.07, 6.45) is 1.74. The van der Waals surface area contributed by atoms with Gasteiger partial charge in [0, 0.05) is 11.9 Å². The largest absolute Gasteiger partial charge is 0.385 e. The molecule has 0 saturated carbocycles. The molecule has 6 nitrogen and oxygen atoms in total. The Morgan fingerprint density at radius 3 is 3.00 bits per heavy atom. The van der Waals surface area contributed by atoms with Crippen molar-refractivity contribution >= 4 is 27.8 Å². The highest BCUT2D eigenvalue weighted by atomic mass is 16.1. The molecule has 0 bridgehead atoms. The summed E-state index contributed by atoms with van der Waals surface area (Å²) in [4.78, 5) is 22.1. The highest BCUT2D eigenvalue weighted by molar-refractivity contribution is 6.04. The molecular weight excluding hydrogens is 218 g/mol. The van der Waals surface area contributed by atoms with E-state index >= 15 is 0 Å². The fourth-order valence-corrected chi connectivity index (χ4v) is 2.01. The van der Waals surface area contributed by atoms with Crippen LogP contribution < -0.4 is 11.4 Å². The number of nitrogen functional groups attached to an aromatic ring is 1. The molecular formula is C11H11N5O. The van der Waals surface area contributed by atoms with Gasteiger partial charge >= 0.3 is 5.69 Å². The standard InChI is InChI=1S/C11H11N5O/c1-2-16-5-13-9-7(16)4-3-6-8(9)14-11(17)15-10(6)12/h3-5H,2H2,1H3,(H3,12,14,15,17). The van der Waals surface area contributed by atoms with Crippen molar-refractivity contribution in [2.75, 3.05) is 5.73 Å². The minimum atomic E-state index is -0.450. The number of rotatable bonds is 1. The zero-order chi connectivity index (χ0) is 12.0. The number of anilines is 1. The number of aromatic nitrogens is 4. The van der Waals surface area contributed by atoms with Gasteiger partial charge in [0.05, 0.1) is 11.8 Å². The molecule has 2 heterocycles. The van der Waals surface area contributed by atoms with Crippen LogP contribution in [0, 0.1) is 0 Å². The Hall–Kier alpha value is -2.37. The number of nitrogens with one attached hydrogen (secondary N) is 1. The first-order valence-corrected chi connectivity index (χ1v) is 5.34. The van der Waals surface area contributed by atoms with Gasteiger partial charge in [0.15, 0.2) is 0 Å². The molecule has 0 spiro atoms. The Labute approximate surface area is 96.1 Å². The van der Waals surface area contributed by atoms with Crippen molar-refractivity contribution in [2.24, 2.45) is 0 Å². The zero-order valence-electron chi connectivity index (χ0n) is 9.27. The van der Waals surface area contributed by atoms with Crippen LogP contribution in [0.25, 0.3) is 21.9 Å². The van der Waals surface area contributed by atoms with Crippen molar-refractivity contribution in [3.8, 4) is 0 Å². The average Bonchev–Trinajstić information content (AvgIpc) is 2.71. The van der Waals surface area contributed by atoms with Crippen LogP contribution in [0.5, 0.6) is 0 Å². The van der Waals surface area contributed by atoms with E-state index < -0.39 is 5.69 Å². The molecule has 0 amide bonds. The number of aryl methyl sites for hydroxylation is 1. The molecule has 17 heavy (non-hydrogen) atoms. The summed E-state index contributed by atoms with van der Waals surface area (Å²) in [5.74, 6) is 0.327. The summed E-state index contributed by atoms with van der Waals surface area (Å²) in [6.45, 7) is 2.85. The fraction of sp³-hybridized carbons (Fsp3) is 0.182. The van der Waals surface area contributed by atoms with Gasteiger partial charge in [0.2, 0.25) is 0 Å².